The number of carbonyl (C=O) groups excluding carboxylic acids is 1. The number of aromatic carboxylic acids is 1. The number of hydrogen-bond donors (Lipinski definition) is 3. The van der Waals surface area contributed by atoms with E-state index in [1.54, 1.807) is 6.07 Å². The van der Waals surface area contributed by atoms with E-state index in [-0.39, 0.29) is 28.5 Å². The number of nitrogens with one attached hydrogen (secondary N) is 2. The lowest BCUT2D eigenvalue weighted by molar-refractivity contribution is -0.115. The van der Waals surface area contributed by atoms with Crippen LogP contribution < -0.4 is 14.9 Å². The topological polar surface area (TPSA) is 116 Å². The van der Waals surface area contributed by atoms with Gasteiger partial charge in [-0.15, -0.1) is 0 Å². The van der Waals surface area contributed by atoms with Crippen LogP contribution in [0.25, 0.3) is 0 Å². The molecule has 1 amide bonds. The number of sulfonamides is 1. The second-order valence-electron chi connectivity index (χ2n) is 7.71. The fourth-order valence-corrected chi connectivity index (χ4v) is 5.28. The molecule has 0 fully saturated rings. The Morgan fingerprint density at radius 3 is 2.66 bits per heavy atom. The van der Waals surface area contributed by atoms with E-state index in [4.69, 9.17) is 0 Å². The van der Waals surface area contributed by atoms with Crippen molar-refractivity contribution in [2.24, 2.45) is 0 Å². The van der Waals surface area contributed by atoms with Crippen molar-refractivity contribution in [3.63, 3.8) is 0 Å². The molecule has 8 nitrogen and oxygen atoms in total. The Balaban J connectivity index is 1.47. The predicted molar refractivity (Wildman–Crippen MR) is 120 cm³/mol. The third-order valence-electron chi connectivity index (χ3n) is 5.69. The number of para-hydroxylation sites is 1. The maximum absolute atomic E-state index is 12.9. The largest absolute Gasteiger partial charge is 0.478 e. The van der Waals surface area contributed by atoms with E-state index >= 15 is 0 Å². The van der Waals surface area contributed by atoms with Crippen molar-refractivity contribution in [2.45, 2.75) is 17.7 Å². The van der Waals surface area contributed by atoms with Crippen molar-refractivity contribution < 1.29 is 23.1 Å². The fourth-order valence-electron chi connectivity index (χ4n) is 4.15. The second kappa shape index (κ2) is 7.38. The minimum Gasteiger partial charge on any atom is -0.478 e. The second-order valence-corrected chi connectivity index (χ2v) is 9.40. The van der Waals surface area contributed by atoms with Gasteiger partial charge >= 0.3 is 5.97 Å². The first-order valence-electron chi connectivity index (χ1n) is 10.0. The van der Waals surface area contributed by atoms with Crippen LogP contribution in [0.5, 0.6) is 0 Å². The van der Waals surface area contributed by atoms with Crippen LogP contribution in [0.3, 0.4) is 0 Å². The van der Waals surface area contributed by atoms with Gasteiger partial charge in [0.25, 0.3) is 10.0 Å². The quantitative estimate of drug-likeness (QED) is 0.550. The smallest absolute Gasteiger partial charge is 0.337 e. The number of nitrogens with zero attached hydrogens (tertiary/aromatic N) is 1. The van der Waals surface area contributed by atoms with Crippen LogP contribution in [0.2, 0.25) is 0 Å². The molecule has 0 bridgehead atoms. The maximum atomic E-state index is 12.9. The van der Waals surface area contributed by atoms with Crippen LogP contribution in [0.4, 0.5) is 22.7 Å². The fraction of sp³-hybridized carbons (Fsp3) is 0.130. The summed E-state index contributed by atoms with van der Waals surface area (Å²) in [5, 5.41) is 12.4. The van der Waals surface area contributed by atoms with Crippen LogP contribution >= 0.6 is 0 Å². The zero-order valence-corrected chi connectivity index (χ0v) is 17.6. The number of carboxylic acids is 1. The molecule has 2 heterocycles. The van der Waals surface area contributed by atoms with Crippen LogP contribution in [0, 0.1) is 0 Å². The van der Waals surface area contributed by atoms with E-state index in [1.807, 2.05) is 29.2 Å². The van der Waals surface area contributed by atoms with Gasteiger partial charge in [0.1, 0.15) is 0 Å². The van der Waals surface area contributed by atoms with Gasteiger partial charge in [-0.3, -0.25) is 9.52 Å². The first-order chi connectivity index (χ1) is 15.3. The molecule has 0 spiro atoms. The molecular formula is C23H19N3O5S. The number of hydrogen-bond acceptors (Lipinski definition) is 5. The van der Waals surface area contributed by atoms with E-state index in [2.05, 4.69) is 10.0 Å². The Morgan fingerprint density at radius 1 is 1.03 bits per heavy atom. The lowest BCUT2D eigenvalue weighted by Crippen LogP contribution is -2.18. The molecular weight excluding hydrogens is 430 g/mol. The van der Waals surface area contributed by atoms with Crippen molar-refractivity contribution in [3.05, 3.63) is 77.4 Å². The van der Waals surface area contributed by atoms with E-state index < -0.39 is 16.0 Å². The third kappa shape index (κ3) is 3.46. The van der Waals surface area contributed by atoms with E-state index in [0.717, 1.165) is 12.1 Å². The number of anilines is 4. The van der Waals surface area contributed by atoms with Gasteiger partial charge in [-0.1, -0.05) is 18.2 Å². The zero-order valence-electron chi connectivity index (χ0n) is 16.8. The number of carboxylic acid groups (broad SMARTS) is 1. The Hall–Kier alpha value is -3.85. The lowest BCUT2D eigenvalue weighted by atomic mass is 10.1. The molecule has 0 aliphatic carbocycles. The zero-order chi connectivity index (χ0) is 22.5. The van der Waals surface area contributed by atoms with Gasteiger partial charge in [0, 0.05) is 23.6 Å². The molecule has 0 unspecified atom stereocenters. The monoisotopic (exact) mass is 449 g/mol. The van der Waals surface area contributed by atoms with Gasteiger partial charge in [-0.2, -0.15) is 0 Å². The van der Waals surface area contributed by atoms with E-state index in [0.29, 0.717) is 23.5 Å². The lowest BCUT2D eigenvalue weighted by Gasteiger charge is -2.21. The standard InChI is InChI=1S/C23H19N3O5S/c27-22-12-15-11-17(6-8-19(15)24-22)32(30,31)25-20-7-5-16(13-18(20)23(28)29)26-10-9-14-3-1-2-4-21(14)26/h1-8,11,13,25H,9-10,12H2,(H,24,27)(H,28,29). The summed E-state index contributed by atoms with van der Waals surface area (Å²) < 4.78 is 28.3. The van der Waals surface area contributed by atoms with Crippen LogP contribution in [-0.4, -0.2) is 31.9 Å². The third-order valence-corrected chi connectivity index (χ3v) is 7.05. The molecule has 5 rings (SSSR count). The molecule has 2 aliphatic heterocycles. The highest BCUT2D eigenvalue weighted by Crippen LogP contribution is 2.36. The molecule has 3 aromatic carbocycles. The van der Waals surface area contributed by atoms with Crippen molar-refractivity contribution in [1.82, 2.24) is 0 Å². The van der Waals surface area contributed by atoms with E-state index in [1.165, 1.54) is 35.9 Å². The van der Waals surface area contributed by atoms with Crippen LogP contribution in [-0.2, 0) is 27.7 Å². The molecule has 32 heavy (non-hydrogen) atoms. The summed E-state index contributed by atoms with van der Waals surface area (Å²) in [6.45, 7) is 0.714. The first-order valence-corrected chi connectivity index (χ1v) is 11.5. The highest BCUT2D eigenvalue weighted by molar-refractivity contribution is 7.92. The Kier molecular flexibility index (Phi) is 4.63. The summed E-state index contributed by atoms with van der Waals surface area (Å²) in [6.07, 6.45) is 0.952. The number of amides is 1. The Bertz CT molecular complexity index is 1380. The van der Waals surface area contributed by atoms with Gasteiger partial charge in [0.15, 0.2) is 0 Å². The number of rotatable bonds is 5. The van der Waals surface area contributed by atoms with Crippen LogP contribution in [0.1, 0.15) is 21.5 Å². The number of fused-ring (bicyclic) bond motifs is 2. The average molecular weight is 449 g/mol. The van der Waals surface area contributed by atoms with Gasteiger partial charge in [0.2, 0.25) is 5.91 Å². The van der Waals surface area contributed by atoms with Crippen molar-refractivity contribution in [1.29, 1.82) is 0 Å². The minimum absolute atomic E-state index is 0.0246. The predicted octanol–water partition coefficient (Wildman–Crippen LogP) is 3.37. The Morgan fingerprint density at radius 2 is 1.84 bits per heavy atom. The molecule has 9 heteroatoms. The summed E-state index contributed by atoms with van der Waals surface area (Å²) >= 11 is 0. The van der Waals surface area contributed by atoms with Gasteiger partial charge in [-0.05, 0) is 60.0 Å². The van der Waals surface area contributed by atoms with Gasteiger partial charge in [-0.25, -0.2) is 13.2 Å². The molecule has 2 aliphatic rings. The van der Waals surface area contributed by atoms with Crippen molar-refractivity contribution in [2.75, 3.05) is 21.5 Å². The average Bonchev–Trinajstić information content (AvgIpc) is 3.35. The molecule has 3 N–H and O–H groups in total. The molecule has 0 radical (unpaired) electrons. The minimum atomic E-state index is -4.05. The number of carbonyl (C=O) groups is 2. The highest BCUT2D eigenvalue weighted by Gasteiger charge is 2.25. The molecule has 0 saturated heterocycles. The summed E-state index contributed by atoms with van der Waals surface area (Å²) in [6, 6.07) is 16.9. The highest BCUT2D eigenvalue weighted by atomic mass is 32.2. The molecule has 0 aromatic heterocycles. The summed E-state index contributed by atoms with van der Waals surface area (Å²) in [4.78, 5) is 25.5. The van der Waals surface area contributed by atoms with Crippen LogP contribution in [0.15, 0.2) is 65.6 Å². The molecule has 162 valence electrons. The molecule has 0 saturated carbocycles. The van der Waals surface area contributed by atoms with Gasteiger partial charge < -0.3 is 15.3 Å². The Labute approximate surface area is 184 Å². The van der Waals surface area contributed by atoms with Crippen molar-refractivity contribution in [3.8, 4) is 0 Å². The first kappa shape index (κ1) is 20.1. The summed E-state index contributed by atoms with van der Waals surface area (Å²) in [5.74, 6) is -1.43. The number of benzene rings is 3. The van der Waals surface area contributed by atoms with Gasteiger partial charge in [0.05, 0.1) is 22.6 Å². The van der Waals surface area contributed by atoms with E-state index in [9.17, 15) is 23.1 Å². The SMILES string of the molecule is O=C1Cc2cc(S(=O)(=O)Nc3ccc(N4CCc5ccccc54)cc3C(=O)O)ccc2N1. The summed E-state index contributed by atoms with van der Waals surface area (Å²) in [7, 11) is -4.05. The maximum Gasteiger partial charge on any atom is 0.337 e. The molecule has 0 atom stereocenters. The normalized spacial score (nSPS) is 14.6. The molecule has 3 aromatic rings. The summed E-state index contributed by atoms with van der Waals surface area (Å²) in [5.41, 5.74) is 3.86. The van der Waals surface area contributed by atoms with Crippen molar-refractivity contribution >= 4 is 44.6 Å².